The van der Waals surface area contributed by atoms with Crippen molar-refractivity contribution in [3.05, 3.63) is 28.2 Å². The Balaban J connectivity index is 1.91. The first-order valence-electron chi connectivity index (χ1n) is 6.07. The summed E-state index contributed by atoms with van der Waals surface area (Å²) in [5.74, 6) is 0.890. The van der Waals surface area contributed by atoms with Crippen molar-refractivity contribution in [3.8, 4) is 0 Å². The van der Waals surface area contributed by atoms with Crippen molar-refractivity contribution in [2.45, 2.75) is 45.8 Å². The molecule has 2 heterocycles. The molecular formula is C12H19N5S. The Hall–Kier alpha value is -1.27. The molecule has 0 bridgehead atoms. The number of aryl methyl sites for hydroxylation is 2. The molecule has 0 amide bonds. The maximum atomic E-state index is 4.06. The van der Waals surface area contributed by atoms with Crippen molar-refractivity contribution >= 4 is 11.3 Å². The molecule has 1 N–H and O–H groups in total. The lowest BCUT2D eigenvalue weighted by Crippen LogP contribution is -2.36. The van der Waals surface area contributed by atoms with Gasteiger partial charge in [0.05, 0.1) is 6.54 Å². The molecule has 18 heavy (non-hydrogen) atoms. The minimum Gasteiger partial charge on any atom is -0.305 e. The van der Waals surface area contributed by atoms with Gasteiger partial charge < -0.3 is 5.32 Å². The summed E-state index contributed by atoms with van der Waals surface area (Å²) >= 11 is 1.77. The van der Waals surface area contributed by atoms with E-state index in [0.717, 1.165) is 18.8 Å². The minimum absolute atomic E-state index is 0.0739. The molecule has 5 nitrogen and oxygen atoms in total. The second-order valence-corrected chi connectivity index (χ2v) is 6.28. The van der Waals surface area contributed by atoms with Gasteiger partial charge in [-0.15, -0.1) is 16.4 Å². The molecule has 0 saturated carbocycles. The summed E-state index contributed by atoms with van der Waals surface area (Å²) in [6, 6.07) is 4.21. The Kier molecular flexibility index (Phi) is 4.08. The van der Waals surface area contributed by atoms with Crippen molar-refractivity contribution in [1.29, 1.82) is 0 Å². The predicted molar refractivity (Wildman–Crippen MR) is 72.4 cm³/mol. The van der Waals surface area contributed by atoms with E-state index >= 15 is 0 Å². The van der Waals surface area contributed by atoms with Gasteiger partial charge in [-0.2, -0.15) is 0 Å². The topological polar surface area (TPSA) is 55.6 Å². The molecule has 98 valence electrons. The summed E-state index contributed by atoms with van der Waals surface area (Å²) in [6.07, 6.45) is 0.977. The molecular weight excluding hydrogens is 246 g/mol. The van der Waals surface area contributed by atoms with Gasteiger partial charge in [-0.05, 0) is 42.6 Å². The van der Waals surface area contributed by atoms with Gasteiger partial charge in [0.1, 0.15) is 0 Å². The number of hydrogen-bond acceptors (Lipinski definition) is 5. The molecule has 0 unspecified atom stereocenters. The maximum Gasteiger partial charge on any atom is 0.165 e. The van der Waals surface area contributed by atoms with Crippen LogP contribution in [0.4, 0.5) is 0 Å². The van der Waals surface area contributed by atoms with E-state index in [-0.39, 0.29) is 5.54 Å². The Labute approximate surface area is 111 Å². The van der Waals surface area contributed by atoms with Gasteiger partial charge in [0.2, 0.25) is 0 Å². The summed E-state index contributed by atoms with van der Waals surface area (Å²) in [5, 5.41) is 17.3. The largest absolute Gasteiger partial charge is 0.305 e. The molecule has 0 saturated heterocycles. The van der Waals surface area contributed by atoms with E-state index in [2.05, 4.69) is 59.1 Å². The van der Waals surface area contributed by atoms with Crippen LogP contribution in [0.2, 0.25) is 0 Å². The quantitative estimate of drug-likeness (QED) is 0.896. The van der Waals surface area contributed by atoms with Crippen molar-refractivity contribution in [2.24, 2.45) is 0 Å². The summed E-state index contributed by atoms with van der Waals surface area (Å²) in [5.41, 5.74) is 0.0739. The van der Waals surface area contributed by atoms with Crippen LogP contribution >= 0.6 is 11.3 Å². The molecule has 0 aliphatic heterocycles. The molecule has 0 spiro atoms. The monoisotopic (exact) mass is 265 g/mol. The zero-order valence-electron chi connectivity index (χ0n) is 11.1. The molecule has 6 heteroatoms. The third-order valence-electron chi connectivity index (χ3n) is 2.53. The Morgan fingerprint density at radius 2 is 2.22 bits per heavy atom. The van der Waals surface area contributed by atoms with Crippen molar-refractivity contribution < 1.29 is 0 Å². The first-order chi connectivity index (χ1) is 8.54. The van der Waals surface area contributed by atoms with Crippen molar-refractivity contribution in [3.63, 3.8) is 0 Å². The SMILES string of the molecule is CC(C)(C)NCc1nnnn1CCc1cccs1. The highest BCUT2D eigenvalue weighted by Crippen LogP contribution is 2.10. The highest BCUT2D eigenvalue weighted by molar-refractivity contribution is 7.09. The second-order valence-electron chi connectivity index (χ2n) is 5.25. The molecule has 0 aliphatic rings. The van der Waals surface area contributed by atoms with Crippen LogP contribution in [-0.2, 0) is 19.5 Å². The summed E-state index contributed by atoms with van der Waals surface area (Å²) in [7, 11) is 0. The van der Waals surface area contributed by atoms with E-state index in [9.17, 15) is 0 Å². The first kappa shape index (κ1) is 13.2. The Morgan fingerprint density at radius 1 is 1.39 bits per heavy atom. The van der Waals surface area contributed by atoms with E-state index in [1.54, 1.807) is 11.3 Å². The fourth-order valence-corrected chi connectivity index (χ4v) is 2.24. The maximum absolute atomic E-state index is 4.06. The van der Waals surface area contributed by atoms with E-state index in [0.29, 0.717) is 6.54 Å². The normalized spacial score (nSPS) is 11.9. The number of nitrogens with one attached hydrogen (secondary N) is 1. The molecule has 2 aromatic heterocycles. The van der Waals surface area contributed by atoms with Crippen molar-refractivity contribution in [1.82, 2.24) is 25.5 Å². The molecule has 0 atom stereocenters. The Bertz CT molecular complexity index is 469. The average molecular weight is 265 g/mol. The number of hydrogen-bond donors (Lipinski definition) is 1. The third kappa shape index (κ3) is 3.89. The van der Waals surface area contributed by atoms with Gasteiger partial charge >= 0.3 is 0 Å². The van der Waals surface area contributed by atoms with Crippen LogP contribution in [0.1, 0.15) is 31.5 Å². The fourth-order valence-electron chi connectivity index (χ4n) is 1.54. The van der Waals surface area contributed by atoms with E-state index in [1.807, 2.05) is 4.68 Å². The first-order valence-corrected chi connectivity index (χ1v) is 6.95. The summed E-state index contributed by atoms with van der Waals surface area (Å²) < 4.78 is 1.87. The number of thiophene rings is 1. The molecule has 0 aromatic carbocycles. The van der Waals surface area contributed by atoms with Crippen LogP contribution in [-0.4, -0.2) is 25.7 Å². The van der Waals surface area contributed by atoms with Gasteiger partial charge in [0, 0.05) is 23.4 Å². The van der Waals surface area contributed by atoms with E-state index in [4.69, 9.17) is 0 Å². The van der Waals surface area contributed by atoms with Gasteiger partial charge in [-0.1, -0.05) is 6.07 Å². The molecule has 0 aliphatic carbocycles. The standard InChI is InChI=1S/C12H19N5S/c1-12(2,3)13-9-11-14-15-16-17(11)7-6-10-5-4-8-18-10/h4-5,8,13H,6-7,9H2,1-3H3. The fraction of sp³-hybridized carbons (Fsp3) is 0.583. The highest BCUT2D eigenvalue weighted by atomic mass is 32.1. The lowest BCUT2D eigenvalue weighted by molar-refractivity contribution is 0.407. The average Bonchev–Trinajstić information content (AvgIpc) is 2.94. The van der Waals surface area contributed by atoms with Gasteiger partial charge in [-0.3, -0.25) is 0 Å². The Morgan fingerprint density at radius 3 is 2.89 bits per heavy atom. The van der Waals surface area contributed by atoms with Crippen LogP contribution in [0.3, 0.4) is 0 Å². The van der Waals surface area contributed by atoms with E-state index in [1.165, 1.54) is 4.88 Å². The number of tetrazole rings is 1. The summed E-state index contributed by atoms with van der Waals surface area (Å²) in [6.45, 7) is 7.92. The third-order valence-corrected chi connectivity index (χ3v) is 3.47. The van der Waals surface area contributed by atoms with Gasteiger partial charge in [0.15, 0.2) is 5.82 Å². The molecule has 2 aromatic rings. The lowest BCUT2D eigenvalue weighted by Gasteiger charge is -2.19. The number of rotatable bonds is 5. The van der Waals surface area contributed by atoms with Crippen LogP contribution in [0.25, 0.3) is 0 Å². The van der Waals surface area contributed by atoms with E-state index < -0.39 is 0 Å². The van der Waals surface area contributed by atoms with Crippen LogP contribution in [0.5, 0.6) is 0 Å². The van der Waals surface area contributed by atoms with Crippen molar-refractivity contribution in [2.75, 3.05) is 0 Å². The van der Waals surface area contributed by atoms with Crippen LogP contribution < -0.4 is 5.32 Å². The molecule has 2 rings (SSSR count). The predicted octanol–water partition coefficient (Wildman–Crippen LogP) is 1.87. The van der Waals surface area contributed by atoms with Gasteiger partial charge in [0.25, 0.3) is 0 Å². The molecule has 0 radical (unpaired) electrons. The molecule has 0 fully saturated rings. The highest BCUT2D eigenvalue weighted by Gasteiger charge is 2.12. The minimum atomic E-state index is 0.0739. The smallest absolute Gasteiger partial charge is 0.165 e. The number of nitrogens with zero attached hydrogens (tertiary/aromatic N) is 4. The van der Waals surface area contributed by atoms with Crippen LogP contribution in [0, 0.1) is 0 Å². The zero-order chi connectivity index (χ0) is 13.0. The van der Waals surface area contributed by atoms with Crippen LogP contribution in [0.15, 0.2) is 17.5 Å². The second kappa shape index (κ2) is 5.58. The lowest BCUT2D eigenvalue weighted by atomic mass is 10.1. The summed E-state index contributed by atoms with van der Waals surface area (Å²) in [4.78, 5) is 1.36. The zero-order valence-corrected chi connectivity index (χ0v) is 11.9. The number of aromatic nitrogens is 4. The van der Waals surface area contributed by atoms with Gasteiger partial charge in [-0.25, -0.2) is 4.68 Å².